The van der Waals surface area contributed by atoms with Crippen molar-refractivity contribution in [2.75, 3.05) is 12.4 Å². The molecule has 0 spiro atoms. The number of alkyl halides is 1. The fraction of sp³-hybridized carbons (Fsp3) is 0.545. The van der Waals surface area contributed by atoms with Gasteiger partial charge in [0.1, 0.15) is 0 Å². The highest BCUT2D eigenvalue weighted by molar-refractivity contribution is 9.10. The third-order valence-electron chi connectivity index (χ3n) is 2.29. The lowest BCUT2D eigenvalue weighted by molar-refractivity contribution is 0.0951. The molecule has 90 valence electrons. The van der Waals surface area contributed by atoms with E-state index in [1.54, 1.807) is 6.07 Å². The Balaban J connectivity index is 2.24. The van der Waals surface area contributed by atoms with Crippen molar-refractivity contribution < 1.29 is 9.21 Å². The van der Waals surface area contributed by atoms with Crippen LogP contribution in [0.25, 0.3) is 0 Å². The molecule has 0 fully saturated rings. The number of nitrogens with one attached hydrogen (secondary N) is 1. The van der Waals surface area contributed by atoms with Crippen molar-refractivity contribution in [3.05, 3.63) is 22.6 Å². The van der Waals surface area contributed by atoms with Gasteiger partial charge in [0.05, 0.1) is 11.8 Å². The summed E-state index contributed by atoms with van der Waals surface area (Å²) in [6.07, 6.45) is 3.44. The third kappa shape index (κ3) is 4.18. The Bertz CT molecular complexity index is 340. The molecule has 0 saturated heterocycles. The van der Waals surface area contributed by atoms with Crippen molar-refractivity contribution in [2.24, 2.45) is 5.92 Å². The average Bonchev–Trinajstić information content (AvgIpc) is 2.70. The molecule has 0 radical (unpaired) electrons. The van der Waals surface area contributed by atoms with Gasteiger partial charge in [-0.1, -0.05) is 6.92 Å². The highest BCUT2D eigenvalue weighted by atomic mass is 79.9. The van der Waals surface area contributed by atoms with E-state index in [9.17, 15) is 4.79 Å². The van der Waals surface area contributed by atoms with Gasteiger partial charge in [0.15, 0.2) is 4.67 Å². The minimum atomic E-state index is -0.112. The van der Waals surface area contributed by atoms with Gasteiger partial charge in [-0.15, -0.1) is 11.6 Å². The molecule has 0 aromatic carbocycles. The van der Waals surface area contributed by atoms with Gasteiger partial charge in [-0.2, -0.15) is 0 Å². The van der Waals surface area contributed by atoms with Crippen LogP contribution < -0.4 is 5.32 Å². The molecule has 1 aromatic rings. The van der Waals surface area contributed by atoms with E-state index in [1.165, 1.54) is 6.26 Å². The van der Waals surface area contributed by atoms with Gasteiger partial charge in [-0.25, -0.2) is 0 Å². The Morgan fingerprint density at radius 2 is 2.44 bits per heavy atom. The third-order valence-corrected chi connectivity index (χ3v) is 3.43. The first-order chi connectivity index (χ1) is 7.65. The van der Waals surface area contributed by atoms with Crippen molar-refractivity contribution >= 4 is 33.4 Å². The van der Waals surface area contributed by atoms with E-state index in [4.69, 9.17) is 16.0 Å². The van der Waals surface area contributed by atoms with Gasteiger partial charge >= 0.3 is 0 Å². The summed E-state index contributed by atoms with van der Waals surface area (Å²) in [5.41, 5.74) is 0.533. The number of carbonyl (C=O) groups is 1. The lowest BCUT2D eigenvalue weighted by atomic mass is 10.1. The van der Waals surface area contributed by atoms with Crippen LogP contribution in [0.1, 0.15) is 30.1 Å². The van der Waals surface area contributed by atoms with E-state index < -0.39 is 0 Å². The smallest absolute Gasteiger partial charge is 0.255 e. The number of halogens is 2. The Labute approximate surface area is 109 Å². The van der Waals surface area contributed by atoms with Gasteiger partial charge < -0.3 is 9.73 Å². The number of rotatable bonds is 6. The summed E-state index contributed by atoms with van der Waals surface area (Å²) in [6.45, 7) is 2.76. The minimum Gasteiger partial charge on any atom is -0.457 e. The highest BCUT2D eigenvalue weighted by Gasteiger charge is 2.11. The van der Waals surface area contributed by atoms with Gasteiger partial charge in [-0.3, -0.25) is 4.79 Å². The molecule has 1 N–H and O–H groups in total. The van der Waals surface area contributed by atoms with Crippen LogP contribution in [-0.2, 0) is 0 Å². The van der Waals surface area contributed by atoms with Crippen molar-refractivity contribution in [3.8, 4) is 0 Å². The summed E-state index contributed by atoms with van der Waals surface area (Å²) in [7, 11) is 0. The second kappa shape index (κ2) is 6.97. The summed E-state index contributed by atoms with van der Waals surface area (Å²) in [5.74, 6) is 1.06. The molecule has 1 rings (SSSR count). The zero-order valence-corrected chi connectivity index (χ0v) is 11.5. The van der Waals surface area contributed by atoms with E-state index >= 15 is 0 Å². The minimum absolute atomic E-state index is 0.112. The van der Waals surface area contributed by atoms with Gasteiger partial charge in [0.2, 0.25) is 0 Å². The van der Waals surface area contributed by atoms with Crippen LogP contribution in [0.2, 0.25) is 0 Å². The van der Waals surface area contributed by atoms with Crippen LogP contribution in [0.5, 0.6) is 0 Å². The monoisotopic (exact) mass is 307 g/mol. The van der Waals surface area contributed by atoms with Crippen molar-refractivity contribution in [3.63, 3.8) is 0 Å². The zero-order chi connectivity index (χ0) is 12.0. The molecular weight excluding hydrogens is 293 g/mol. The number of hydrogen-bond donors (Lipinski definition) is 1. The number of furan rings is 1. The predicted octanol–water partition coefficient (Wildman–Crippen LogP) is 3.43. The quantitative estimate of drug-likeness (QED) is 0.646. The standard InChI is InChI=1S/C11H15BrClNO2/c1-8(7-13)3-2-5-14-11(15)9-4-6-16-10(9)12/h4,6,8H,2-3,5,7H2,1H3,(H,14,15). The van der Waals surface area contributed by atoms with Crippen molar-refractivity contribution in [2.45, 2.75) is 19.8 Å². The number of amides is 1. The first-order valence-electron chi connectivity index (χ1n) is 5.22. The molecule has 0 aliphatic rings. The van der Waals surface area contributed by atoms with E-state index in [0.29, 0.717) is 28.6 Å². The van der Waals surface area contributed by atoms with E-state index in [-0.39, 0.29) is 5.91 Å². The van der Waals surface area contributed by atoms with Crippen molar-refractivity contribution in [1.29, 1.82) is 0 Å². The van der Waals surface area contributed by atoms with Gasteiger partial charge in [0, 0.05) is 12.4 Å². The molecule has 0 aliphatic carbocycles. The maximum Gasteiger partial charge on any atom is 0.255 e. The molecule has 16 heavy (non-hydrogen) atoms. The average molecular weight is 309 g/mol. The maximum atomic E-state index is 11.6. The van der Waals surface area contributed by atoms with Crippen LogP contribution in [0.15, 0.2) is 21.4 Å². The summed E-state index contributed by atoms with van der Waals surface area (Å²) in [6, 6.07) is 1.64. The highest BCUT2D eigenvalue weighted by Crippen LogP contribution is 2.17. The Morgan fingerprint density at radius 3 is 3.00 bits per heavy atom. The summed E-state index contributed by atoms with van der Waals surface area (Å²) in [4.78, 5) is 11.6. The molecule has 0 bridgehead atoms. The van der Waals surface area contributed by atoms with Crippen LogP contribution >= 0.6 is 27.5 Å². The normalized spacial score (nSPS) is 12.4. The summed E-state index contributed by atoms with van der Waals surface area (Å²) >= 11 is 8.85. The number of carbonyl (C=O) groups excluding carboxylic acids is 1. The van der Waals surface area contributed by atoms with E-state index in [1.807, 2.05) is 0 Å². The second-order valence-electron chi connectivity index (χ2n) is 3.77. The summed E-state index contributed by atoms with van der Waals surface area (Å²) < 4.78 is 5.46. The lowest BCUT2D eigenvalue weighted by Crippen LogP contribution is -2.24. The van der Waals surface area contributed by atoms with Gasteiger partial charge in [-0.05, 0) is 40.8 Å². The Kier molecular flexibility index (Phi) is 5.91. The molecule has 5 heteroatoms. The topological polar surface area (TPSA) is 42.2 Å². The van der Waals surface area contributed by atoms with Crippen LogP contribution in [0, 0.1) is 5.92 Å². The SMILES string of the molecule is CC(CCl)CCCNC(=O)c1ccoc1Br. The largest absolute Gasteiger partial charge is 0.457 e. The molecule has 0 saturated carbocycles. The fourth-order valence-corrected chi connectivity index (χ4v) is 1.86. The maximum absolute atomic E-state index is 11.6. The predicted molar refractivity (Wildman–Crippen MR) is 67.9 cm³/mol. The first kappa shape index (κ1) is 13.6. The number of hydrogen-bond acceptors (Lipinski definition) is 2. The second-order valence-corrected chi connectivity index (χ2v) is 4.79. The van der Waals surface area contributed by atoms with E-state index in [0.717, 1.165) is 12.8 Å². The van der Waals surface area contributed by atoms with Crippen LogP contribution in [0.3, 0.4) is 0 Å². The Hall–Kier alpha value is -0.480. The lowest BCUT2D eigenvalue weighted by Gasteiger charge is -2.07. The first-order valence-corrected chi connectivity index (χ1v) is 6.55. The molecule has 3 nitrogen and oxygen atoms in total. The molecule has 1 unspecified atom stereocenters. The molecule has 1 heterocycles. The van der Waals surface area contributed by atoms with Crippen LogP contribution in [-0.4, -0.2) is 18.3 Å². The molecule has 1 atom stereocenters. The molecule has 1 aromatic heterocycles. The summed E-state index contributed by atoms with van der Waals surface area (Å²) in [5, 5.41) is 2.83. The fourth-order valence-electron chi connectivity index (χ4n) is 1.28. The Morgan fingerprint density at radius 1 is 1.69 bits per heavy atom. The molecule has 0 aliphatic heterocycles. The molecular formula is C11H15BrClNO2. The molecule has 1 amide bonds. The van der Waals surface area contributed by atoms with Gasteiger partial charge in [0.25, 0.3) is 5.91 Å². The zero-order valence-electron chi connectivity index (χ0n) is 9.13. The van der Waals surface area contributed by atoms with Crippen LogP contribution in [0.4, 0.5) is 0 Å². The van der Waals surface area contributed by atoms with Crippen molar-refractivity contribution in [1.82, 2.24) is 5.32 Å². The van der Waals surface area contributed by atoms with E-state index in [2.05, 4.69) is 28.2 Å².